The van der Waals surface area contributed by atoms with E-state index in [-0.39, 0.29) is 23.2 Å². The first kappa shape index (κ1) is 15.8. The molecule has 0 saturated carbocycles. The van der Waals surface area contributed by atoms with Crippen LogP contribution in [0.2, 0.25) is 0 Å². The van der Waals surface area contributed by atoms with Crippen molar-refractivity contribution in [3.63, 3.8) is 0 Å². The van der Waals surface area contributed by atoms with E-state index in [1.54, 1.807) is 0 Å². The van der Waals surface area contributed by atoms with Gasteiger partial charge in [0.05, 0.1) is 5.00 Å². The average molecular weight is 327 g/mol. The lowest BCUT2D eigenvalue weighted by atomic mass is 10.2. The molecule has 114 valence electrons. The van der Waals surface area contributed by atoms with E-state index in [9.17, 15) is 13.2 Å². The molecule has 0 spiro atoms. The van der Waals surface area contributed by atoms with Gasteiger partial charge in [0.1, 0.15) is 11.5 Å². The fourth-order valence-electron chi connectivity index (χ4n) is 1.86. The standard InChI is InChI=1S/C14H17NO4S2/c1-8-9(2)14(20-10(8)3)15-13(16)12-6-5-11(19-12)7-21(4,17)18/h5-6H,7H2,1-4H3,(H,15,16). The van der Waals surface area contributed by atoms with Gasteiger partial charge in [0.2, 0.25) is 0 Å². The van der Waals surface area contributed by atoms with Crippen molar-refractivity contribution in [2.75, 3.05) is 11.6 Å². The van der Waals surface area contributed by atoms with Gasteiger partial charge in [0.25, 0.3) is 5.91 Å². The first-order valence-corrected chi connectivity index (χ1v) is 9.19. The number of anilines is 1. The molecule has 0 bridgehead atoms. The Balaban J connectivity index is 2.16. The number of hydrogen-bond acceptors (Lipinski definition) is 5. The van der Waals surface area contributed by atoms with Crippen molar-refractivity contribution in [1.29, 1.82) is 0 Å². The van der Waals surface area contributed by atoms with Crippen molar-refractivity contribution in [2.24, 2.45) is 0 Å². The fourth-order valence-corrected chi connectivity index (χ4v) is 3.59. The molecule has 1 N–H and O–H groups in total. The number of amides is 1. The molecule has 7 heteroatoms. The molecule has 0 saturated heterocycles. The molecule has 0 fully saturated rings. The van der Waals surface area contributed by atoms with Crippen LogP contribution in [0.25, 0.3) is 0 Å². The van der Waals surface area contributed by atoms with E-state index >= 15 is 0 Å². The highest BCUT2D eigenvalue weighted by atomic mass is 32.2. The van der Waals surface area contributed by atoms with Crippen LogP contribution < -0.4 is 5.32 Å². The number of sulfone groups is 1. The molecule has 5 nitrogen and oxygen atoms in total. The molecular formula is C14H17NO4S2. The van der Waals surface area contributed by atoms with Crippen molar-refractivity contribution < 1.29 is 17.6 Å². The van der Waals surface area contributed by atoms with Gasteiger partial charge < -0.3 is 9.73 Å². The second kappa shape index (κ2) is 5.65. The minimum Gasteiger partial charge on any atom is -0.455 e. The summed E-state index contributed by atoms with van der Waals surface area (Å²) >= 11 is 1.51. The minimum absolute atomic E-state index is 0.108. The van der Waals surface area contributed by atoms with Crippen LogP contribution in [-0.2, 0) is 15.6 Å². The molecule has 0 aliphatic carbocycles. The summed E-state index contributed by atoms with van der Waals surface area (Å²) in [5.74, 6) is -0.218. The van der Waals surface area contributed by atoms with Gasteiger partial charge in [0, 0.05) is 11.1 Å². The van der Waals surface area contributed by atoms with E-state index in [2.05, 4.69) is 5.32 Å². The molecule has 21 heavy (non-hydrogen) atoms. The summed E-state index contributed by atoms with van der Waals surface area (Å²) in [7, 11) is -3.18. The Morgan fingerprint density at radius 2 is 1.90 bits per heavy atom. The van der Waals surface area contributed by atoms with E-state index in [0.717, 1.165) is 27.3 Å². The Bertz CT molecular complexity index is 784. The largest absolute Gasteiger partial charge is 0.455 e. The number of carbonyl (C=O) groups is 1. The van der Waals surface area contributed by atoms with Crippen LogP contribution >= 0.6 is 11.3 Å². The molecule has 0 aromatic carbocycles. The van der Waals surface area contributed by atoms with E-state index < -0.39 is 9.84 Å². The highest BCUT2D eigenvalue weighted by molar-refractivity contribution is 7.89. The first-order chi connectivity index (χ1) is 9.67. The number of hydrogen-bond donors (Lipinski definition) is 1. The third-order valence-electron chi connectivity index (χ3n) is 3.20. The second-order valence-corrected chi connectivity index (χ2v) is 8.39. The summed E-state index contributed by atoms with van der Waals surface area (Å²) in [6.07, 6.45) is 1.12. The summed E-state index contributed by atoms with van der Waals surface area (Å²) in [5.41, 5.74) is 2.20. The van der Waals surface area contributed by atoms with Gasteiger partial charge in [-0.3, -0.25) is 4.79 Å². The Kier molecular flexibility index (Phi) is 4.25. The van der Waals surface area contributed by atoms with Crippen LogP contribution in [0.15, 0.2) is 16.5 Å². The van der Waals surface area contributed by atoms with Crippen molar-refractivity contribution in [1.82, 2.24) is 0 Å². The summed E-state index contributed by atoms with van der Waals surface area (Å²) in [6.45, 7) is 5.96. The third kappa shape index (κ3) is 3.74. The minimum atomic E-state index is -3.18. The Labute approximate surface area is 127 Å². The van der Waals surface area contributed by atoms with Gasteiger partial charge in [0.15, 0.2) is 15.6 Å². The molecule has 0 atom stereocenters. The number of furan rings is 1. The highest BCUT2D eigenvalue weighted by Crippen LogP contribution is 2.31. The maximum Gasteiger partial charge on any atom is 0.291 e. The molecule has 1 amide bonds. The smallest absolute Gasteiger partial charge is 0.291 e. The predicted molar refractivity (Wildman–Crippen MR) is 83.7 cm³/mol. The molecule has 0 unspecified atom stereocenters. The molecular weight excluding hydrogens is 310 g/mol. The van der Waals surface area contributed by atoms with Crippen molar-refractivity contribution >= 4 is 32.1 Å². The lowest BCUT2D eigenvalue weighted by Crippen LogP contribution is -2.10. The molecule has 0 aliphatic rings. The summed E-state index contributed by atoms with van der Waals surface area (Å²) in [5, 5.41) is 3.59. The number of rotatable bonds is 4. The molecule has 2 aromatic rings. The fraction of sp³-hybridized carbons (Fsp3) is 0.357. The predicted octanol–water partition coefficient (Wildman–Crippen LogP) is 3.06. The number of aryl methyl sites for hydroxylation is 1. The molecule has 0 radical (unpaired) electrons. The SMILES string of the molecule is Cc1sc(NC(=O)c2ccc(CS(C)(=O)=O)o2)c(C)c1C. The van der Waals surface area contributed by atoms with Gasteiger partial charge in [-0.2, -0.15) is 0 Å². The Hall–Kier alpha value is -1.60. The monoisotopic (exact) mass is 327 g/mol. The number of thiophene rings is 1. The van der Waals surface area contributed by atoms with Crippen LogP contribution in [0, 0.1) is 20.8 Å². The first-order valence-electron chi connectivity index (χ1n) is 6.32. The van der Waals surface area contributed by atoms with Crippen LogP contribution in [0.5, 0.6) is 0 Å². The summed E-state index contributed by atoms with van der Waals surface area (Å²) in [6, 6.07) is 2.99. The average Bonchev–Trinajstić information content (AvgIpc) is 2.89. The highest BCUT2D eigenvalue weighted by Gasteiger charge is 2.17. The zero-order valence-corrected chi connectivity index (χ0v) is 13.9. The van der Waals surface area contributed by atoms with Gasteiger partial charge in [-0.25, -0.2) is 8.42 Å². The van der Waals surface area contributed by atoms with Crippen LogP contribution in [-0.4, -0.2) is 20.6 Å². The summed E-state index contributed by atoms with van der Waals surface area (Å²) in [4.78, 5) is 13.3. The number of nitrogens with one attached hydrogen (secondary N) is 1. The van der Waals surface area contributed by atoms with Crippen LogP contribution in [0.3, 0.4) is 0 Å². The van der Waals surface area contributed by atoms with Crippen molar-refractivity contribution in [2.45, 2.75) is 26.5 Å². The Morgan fingerprint density at radius 1 is 1.24 bits per heavy atom. The van der Waals surface area contributed by atoms with Gasteiger partial charge >= 0.3 is 0 Å². The summed E-state index contributed by atoms with van der Waals surface area (Å²) < 4.78 is 27.7. The van der Waals surface area contributed by atoms with Gasteiger partial charge in [-0.05, 0) is 44.0 Å². The lowest BCUT2D eigenvalue weighted by Gasteiger charge is -2.02. The zero-order valence-electron chi connectivity index (χ0n) is 12.3. The van der Waals surface area contributed by atoms with E-state index in [4.69, 9.17) is 4.42 Å². The maximum absolute atomic E-state index is 12.1. The third-order valence-corrected chi connectivity index (χ3v) is 5.24. The lowest BCUT2D eigenvalue weighted by molar-refractivity contribution is 0.0995. The second-order valence-electron chi connectivity index (χ2n) is 5.03. The van der Waals surface area contributed by atoms with Gasteiger partial charge in [-0.15, -0.1) is 11.3 Å². The number of carbonyl (C=O) groups excluding carboxylic acids is 1. The van der Waals surface area contributed by atoms with Gasteiger partial charge in [-0.1, -0.05) is 0 Å². The Morgan fingerprint density at radius 3 is 2.43 bits per heavy atom. The van der Waals surface area contributed by atoms with Crippen LogP contribution in [0.4, 0.5) is 5.00 Å². The topological polar surface area (TPSA) is 76.4 Å². The van der Waals surface area contributed by atoms with Crippen LogP contribution in [0.1, 0.15) is 32.3 Å². The van der Waals surface area contributed by atoms with E-state index in [0.29, 0.717) is 0 Å². The molecule has 2 rings (SSSR count). The van der Waals surface area contributed by atoms with Crippen molar-refractivity contribution in [3.05, 3.63) is 39.7 Å². The molecule has 0 aliphatic heterocycles. The normalized spacial score (nSPS) is 11.6. The molecule has 2 aromatic heterocycles. The maximum atomic E-state index is 12.1. The quantitative estimate of drug-likeness (QED) is 0.936. The van der Waals surface area contributed by atoms with E-state index in [1.807, 2.05) is 20.8 Å². The van der Waals surface area contributed by atoms with Crippen molar-refractivity contribution in [3.8, 4) is 0 Å². The van der Waals surface area contributed by atoms with E-state index in [1.165, 1.54) is 23.5 Å². The molecule has 2 heterocycles. The zero-order chi connectivity index (χ0) is 15.8.